The summed E-state index contributed by atoms with van der Waals surface area (Å²) in [7, 11) is 0. The van der Waals surface area contributed by atoms with E-state index in [9.17, 15) is 9.90 Å². The molecule has 86 valence electrons. The third-order valence-electron chi connectivity index (χ3n) is 2.58. The Morgan fingerprint density at radius 3 is 2.81 bits per heavy atom. The monoisotopic (exact) mass is 223 g/mol. The number of aromatic hydroxyl groups is 1. The maximum atomic E-state index is 10.8. The van der Waals surface area contributed by atoms with E-state index >= 15 is 0 Å². The van der Waals surface area contributed by atoms with E-state index in [1.54, 1.807) is 24.3 Å². The molecular formula is C11H13NO4. The van der Waals surface area contributed by atoms with E-state index in [1.165, 1.54) is 0 Å². The topological polar surface area (TPSA) is 78.8 Å². The molecule has 0 aliphatic carbocycles. The van der Waals surface area contributed by atoms with Crippen LogP contribution < -0.4 is 5.32 Å². The molecule has 5 nitrogen and oxygen atoms in total. The van der Waals surface area contributed by atoms with Crippen LogP contribution in [0.2, 0.25) is 0 Å². The number of nitrogens with one attached hydrogen (secondary N) is 1. The lowest BCUT2D eigenvalue weighted by Crippen LogP contribution is -2.48. The van der Waals surface area contributed by atoms with Gasteiger partial charge in [0.2, 0.25) is 0 Å². The van der Waals surface area contributed by atoms with E-state index in [-0.39, 0.29) is 18.4 Å². The number of carboxylic acid groups (broad SMARTS) is 1. The van der Waals surface area contributed by atoms with Crippen LogP contribution in [0.1, 0.15) is 11.6 Å². The summed E-state index contributed by atoms with van der Waals surface area (Å²) in [5.74, 6) is -0.797. The van der Waals surface area contributed by atoms with Crippen LogP contribution >= 0.6 is 0 Å². The lowest BCUT2D eigenvalue weighted by Gasteiger charge is -2.29. The molecule has 1 aliphatic rings. The van der Waals surface area contributed by atoms with Gasteiger partial charge in [0.25, 0.3) is 0 Å². The molecule has 2 atom stereocenters. The smallest absolute Gasteiger partial charge is 0.323 e. The molecule has 1 fully saturated rings. The molecule has 1 aromatic rings. The first kappa shape index (κ1) is 10.9. The number of carboxylic acids is 1. The van der Waals surface area contributed by atoms with Crippen LogP contribution in [-0.4, -0.2) is 35.4 Å². The Morgan fingerprint density at radius 1 is 1.38 bits per heavy atom. The highest BCUT2D eigenvalue weighted by atomic mass is 16.5. The average molecular weight is 223 g/mol. The van der Waals surface area contributed by atoms with Crippen molar-refractivity contribution in [2.24, 2.45) is 0 Å². The maximum Gasteiger partial charge on any atom is 0.323 e. The molecule has 16 heavy (non-hydrogen) atoms. The van der Waals surface area contributed by atoms with Crippen LogP contribution in [0, 0.1) is 0 Å². The first-order valence-electron chi connectivity index (χ1n) is 5.03. The summed E-state index contributed by atoms with van der Waals surface area (Å²) < 4.78 is 5.21. The number of para-hydroxylation sites is 1. The fourth-order valence-corrected chi connectivity index (χ4v) is 1.75. The summed E-state index contributed by atoms with van der Waals surface area (Å²) in [6.45, 7) is 0.515. The summed E-state index contributed by atoms with van der Waals surface area (Å²) in [5, 5.41) is 21.4. The van der Waals surface area contributed by atoms with Crippen molar-refractivity contribution in [3.8, 4) is 5.75 Å². The van der Waals surface area contributed by atoms with Gasteiger partial charge in [-0.25, -0.2) is 0 Å². The number of carbonyl (C=O) groups is 1. The molecule has 0 amide bonds. The molecular weight excluding hydrogens is 210 g/mol. The second-order valence-corrected chi connectivity index (χ2v) is 3.71. The lowest BCUT2D eigenvalue weighted by atomic mass is 10.0. The fourth-order valence-electron chi connectivity index (χ4n) is 1.75. The van der Waals surface area contributed by atoms with E-state index < -0.39 is 12.0 Å². The lowest BCUT2D eigenvalue weighted by molar-refractivity contribution is -0.143. The van der Waals surface area contributed by atoms with Gasteiger partial charge in [-0.3, -0.25) is 10.1 Å². The fraction of sp³-hybridized carbons (Fsp3) is 0.364. The Morgan fingerprint density at radius 2 is 2.12 bits per heavy atom. The number of morpholine rings is 1. The third-order valence-corrected chi connectivity index (χ3v) is 2.58. The number of aliphatic carboxylic acids is 1. The molecule has 1 aromatic carbocycles. The van der Waals surface area contributed by atoms with Gasteiger partial charge in [0.1, 0.15) is 11.8 Å². The van der Waals surface area contributed by atoms with Crippen molar-refractivity contribution in [3.05, 3.63) is 29.8 Å². The molecule has 0 bridgehead atoms. The van der Waals surface area contributed by atoms with Crippen molar-refractivity contribution in [1.82, 2.24) is 5.32 Å². The molecule has 0 spiro atoms. The first-order chi connectivity index (χ1) is 7.68. The van der Waals surface area contributed by atoms with E-state index in [2.05, 4.69) is 5.32 Å². The summed E-state index contributed by atoms with van der Waals surface area (Å²) in [5.41, 5.74) is 0.661. The maximum absolute atomic E-state index is 10.8. The van der Waals surface area contributed by atoms with Gasteiger partial charge in [-0.1, -0.05) is 18.2 Å². The number of rotatable bonds is 2. The predicted molar refractivity (Wildman–Crippen MR) is 56.2 cm³/mol. The van der Waals surface area contributed by atoms with Crippen molar-refractivity contribution < 1.29 is 19.7 Å². The van der Waals surface area contributed by atoms with Crippen LogP contribution in [0.3, 0.4) is 0 Å². The molecule has 1 saturated heterocycles. The Kier molecular flexibility index (Phi) is 3.07. The number of hydrogen-bond acceptors (Lipinski definition) is 4. The molecule has 5 heteroatoms. The number of hydrogen-bond donors (Lipinski definition) is 3. The van der Waals surface area contributed by atoms with Crippen molar-refractivity contribution in [2.45, 2.75) is 12.1 Å². The minimum atomic E-state index is -0.944. The standard InChI is InChI=1S/C11H13NO4/c13-10-4-2-1-3-7(10)8-5-16-6-9(12-8)11(14)15/h1-4,8-9,12-13H,5-6H2,(H,14,15). The van der Waals surface area contributed by atoms with Gasteiger partial charge >= 0.3 is 5.97 Å². The Bertz CT molecular complexity index is 393. The van der Waals surface area contributed by atoms with Gasteiger partial charge in [-0.15, -0.1) is 0 Å². The zero-order valence-corrected chi connectivity index (χ0v) is 8.59. The zero-order valence-electron chi connectivity index (χ0n) is 8.59. The minimum Gasteiger partial charge on any atom is -0.508 e. The third kappa shape index (κ3) is 2.15. The Hall–Kier alpha value is -1.59. The highest BCUT2D eigenvalue weighted by Gasteiger charge is 2.28. The van der Waals surface area contributed by atoms with Crippen LogP contribution in [-0.2, 0) is 9.53 Å². The van der Waals surface area contributed by atoms with Gasteiger partial charge in [0.05, 0.1) is 19.3 Å². The highest BCUT2D eigenvalue weighted by molar-refractivity contribution is 5.73. The Labute approximate surface area is 92.7 Å². The molecule has 1 aliphatic heterocycles. The number of phenolic OH excluding ortho intramolecular Hbond substituents is 1. The highest BCUT2D eigenvalue weighted by Crippen LogP contribution is 2.25. The molecule has 0 radical (unpaired) electrons. The second kappa shape index (κ2) is 4.51. The normalized spacial score (nSPS) is 25.2. The molecule has 2 unspecified atom stereocenters. The number of benzene rings is 1. The first-order valence-corrected chi connectivity index (χ1v) is 5.03. The summed E-state index contributed by atoms with van der Waals surface area (Å²) >= 11 is 0. The van der Waals surface area contributed by atoms with Crippen molar-refractivity contribution in [3.63, 3.8) is 0 Å². The largest absolute Gasteiger partial charge is 0.508 e. The Balaban J connectivity index is 2.16. The van der Waals surface area contributed by atoms with Gasteiger partial charge in [-0.05, 0) is 6.07 Å². The molecule has 0 aromatic heterocycles. The van der Waals surface area contributed by atoms with Crippen LogP contribution in [0.5, 0.6) is 5.75 Å². The summed E-state index contributed by atoms with van der Waals surface area (Å²) in [4.78, 5) is 10.8. The minimum absolute atomic E-state index is 0.148. The van der Waals surface area contributed by atoms with Crippen LogP contribution in [0.25, 0.3) is 0 Å². The SMILES string of the molecule is O=C(O)C1COCC(c2ccccc2O)N1. The quantitative estimate of drug-likeness (QED) is 0.680. The van der Waals surface area contributed by atoms with Crippen LogP contribution in [0.15, 0.2) is 24.3 Å². The second-order valence-electron chi connectivity index (χ2n) is 3.71. The van der Waals surface area contributed by atoms with Crippen molar-refractivity contribution in [2.75, 3.05) is 13.2 Å². The molecule has 3 N–H and O–H groups in total. The predicted octanol–water partition coefficient (Wildman–Crippen LogP) is 0.506. The zero-order chi connectivity index (χ0) is 11.5. The van der Waals surface area contributed by atoms with E-state index in [1.807, 2.05) is 0 Å². The van der Waals surface area contributed by atoms with Gasteiger partial charge in [0.15, 0.2) is 0 Å². The van der Waals surface area contributed by atoms with E-state index in [4.69, 9.17) is 9.84 Å². The van der Waals surface area contributed by atoms with Crippen molar-refractivity contribution >= 4 is 5.97 Å². The average Bonchev–Trinajstić information content (AvgIpc) is 2.30. The van der Waals surface area contributed by atoms with E-state index in [0.29, 0.717) is 12.2 Å². The summed E-state index contributed by atoms with van der Waals surface area (Å²) in [6, 6.07) is 5.83. The van der Waals surface area contributed by atoms with Crippen LogP contribution in [0.4, 0.5) is 0 Å². The van der Waals surface area contributed by atoms with Gasteiger partial charge in [-0.2, -0.15) is 0 Å². The van der Waals surface area contributed by atoms with Gasteiger partial charge in [0, 0.05) is 5.56 Å². The number of phenols is 1. The molecule has 2 rings (SSSR count). The number of ether oxygens (including phenoxy) is 1. The summed E-state index contributed by atoms with van der Waals surface area (Å²) in [6.07, 6.45) is 0. The van der Waals surface area contributed by atoms with Gasteiger partial charge < -0.3 is 14.9 Å². The van der Waals surface area contributed by atoms with E-state index in [0.717, 1.165) is 0 Å². The van der Waals surface area contributed by atoms with Crippen molar-refractivity contribution in [1.29, 1.82) is 0 Å². The molecule has 0 saturated carbocycles. The molecule has 1 heterocycles.